The zero-order chi connectivity index (χ0) is 15.8. The lowest BCUT2D eigenvalue weighted by Gasteiger charge is -2.31. The topological polar surface area (TPSA) is 34.0 Å². The molecule has 0 atom stereocenters. The molecule has 1 saturated carbocycles. The van der Waals surface area contributed by atoms with Gasteiger partial charge in [0, 0.05) is 29.8 Å². The van der Waals surface area contributed by atoms with Gasteiger partial charge < -0.3 is 4.90 Å². The number of hydrogen-bond acceptors (Lipinski definition) is 5. The molecule has 1 aliphatic heterocycles. The molecule has 2 aromatic rings. The molecule has 23 heavy (non-hydrogen) atoms. The zero-order valence-corrected chi connectivity index (χ0v) is 16.5. The molecule has 2 aliphatic rings. The number of aromatic nitrogens is 3. The van der Waals surface area contributed by atoms with Gasteiger partial charge in [-0.05, 0) is 59.7 Å². The van der Waals surface area contributed by atoms with Crippen LogP contribution in [0.3, 0.4) is 0 Å². The van der Waals surface area contributed by atoms with Crippen molar-refractivity contribution >= 4 is 45.0 Å². The van der Waals surface area contributed by atoms with Gasteiger partial charge in [0.1, 0.15) is 0 Å². The highest BCUT2D eigenvalue weighted by molar-refractivity contribution is 9.11. The van der Waals surface area contributed by atoms with E-state index in [9.17, 15) is 0 Å². The molecule has 0 N–H and O–H groups in total. The van der Waals surface area contributed by atoms with E-state index in [1.165, 1.54) is 34.3 Å². The summed E-state index contributed by atoms with van der Waals surface area (Å²) in [5.74, 6) is 2.92. The van der Waals surface area contributed by atoms with Gasteiger partial charge in [0.05, 0.1) is 3.79 Å². The SMILES string of the molecule is CC1CCN(c2nnc(SCc3ccc(Br)s3)n2C2CC2)CC1. The summed E-state index contributed by atoms with van der Waals surface area (Å²) in [6.07, 6.45) is 5.08. The maximum atomic E-state index is 4.56. The first kappa shape index (κ1) is 16.0. The van der Waals surface area contributed by atoms with E-state index in [2.05, 4.69) is 54.7 Å². The Morgan fingerprint density at radius 3 is 2.65 bits per heavy atom. The smallest absolute Gasteiger partial charge is 0.228 e. The summed E-state index contributed by atoms with van der Waals surface area (Å²) >= 11 is 7.16. The molecular formula is C16H21BrN4S2. The van der Waals surface area contributed by atoms with Gasteiger partial charge in [-0.1, -0.05) is 18.7 Å². The summed E-state index contributed by atoms with van der Waals surface area (Å²) in [6, 6.07) is 4.93. The van der Waals surface area contributed by atoms with Crippen LogP contribution in [0.5, 0.6) is 0 Å². The molecule has 2 aromatic heterocycles. The summed E-state index contributed by atoms with van der Waals surface area (Å²) in [7, 11) is 0. The summed E-state index contributed by atoms with van der Waals surface area (Å²) in [4.78, 5) is 3.82. The second-order valence-electron chi connectivity index (χ2n) is 6.55. The predicted molar refractivity (Wildman–Crippen MR) is 100 cm³/mol. The highest BCUT2D eigenvalue weighted by Crippen LogP contribution is 2.42. The number of hydrogen-bond donors (Lipinski definition) is 0. The lowest BCUT2D eigenvalue weighted by Crippen LogP contribution is -2.34. The van der Waals surface area contributed by atoms with Crippen molar-refractivity contribution in [2.75, 3.05) is 18.0 Å². The molecule has 0 spiro atoms. The fourth-order valence-electron chi connectivity index (χ4n) is 3.01. The molecule has 1 saturated heterocycles. The number of thiophene rings is 1. The van der Waals surface area contributed by atoms with E-state index < -0.39 is 0 Å². The fraction of sp³-hybridized carbons (Fsp3) is 0.625. The molecule has 4 rings (SSSR count). The van der Waals surface area contributed by atoms with Crippen LogP contribution in [0.1, 0.15) is 43.5 Å². The summed E-state index contributed by atoms with van der Waals surface area (Å²) < 4.78 is 3.60. The number of rotatable bonds is 5. The first-order valence-electron chi connectivity index (χ1n) is 8.27. The summed E-state index contributed by atoms with van der Waals surface area (Å²) in [5.41, 5.74) is 0. The first-order valence-corrected chi connectivity index (χ1v) is 10.9. The zero-order valence-electron chi connectivity index (χ0n) is 13.2. The van der Waals surface area contributed by atoms with Crippen molar-refractivity contribution in [1.82, 2.24) is 14.8 Å². The normalized spacial score (nSPS) is 19.5. The lowest BCUT2D eigenvalue weighted by molar-refractivity contribution is 0.429. The number of nitrogens with zero attached hydrogens (tertiary/aromatic N) is 4. The molecular weight excluding hydrogens is 392 g/mol. The van der Waals surface area contributed by atoms with Crippen molar-refractivity contribution in [3.8, 4) is 0 Å². The maximum Gasteiger partial charge on any atom is 0.228 e. The van der Waals surface area contributed by atoms with Gasteiger partial charge in [0.15, 0.2) is 5.16 Å². The standard InChI is InChI=1S/C16H21BrN4S2/c1-11-6-8-20(9-7-11)15-18-19-16(21(15)12-2-3-12)22-10-13-4-5-14(17)23-13/h4-5,11-12H,2-3,6-10H2,1H3. The van der Waals surface area contributed by atoms with Crippen molar-refractivity contribution in [1.29, 1.82) is 0 Å². The van der Waals surface area contributed by atoms with Crippen LogP contribution in [0.15, 0.2) is 21.1 Å². The van der Waals surface area contributed by atoms with Crippen LogP contribution in [-0.4, -0.2) is 27.9 Å². The molecule has 4 nitrogen and oxygen atoms in total. The molecule has 3 heterocycles. The van der Waals surface area contributed by atoms with Crippen molar-refractivity contribution in [2.24, 2.45) is 5.92 Å². The number of piperidine rings is 1. The minimum atomic E-state index is 0.622. The maximum absolute atomic E-state index is 4.56. The Balaban J connectivity index is 1.51. The van der Waals surface area contributed by atoms with E-state index in [1.807, 2.05) is 11.8 Å². The van der Waals surface area contributed by atoms with Gasteiger partial charge in [-0.2, -0.15) is 0 Å². The monoisotopic (exact) mass is 412 g/mol. The first-order chi connectivity index (χ1) is 11.2. The van der Waals surface area contributed by atoms with E-state index in [0.717, 1.165) is 35.9 Å². The highest BCUT2D eigenvalue weighted by Gasteiger charge is 2.32. The minimum Gasteiger partial charge on any atom is -0.341 e. The third-order valence-electron chi connectivity index (χ3n) is 4.60. The van der Waals surface area contributed by atoms with Gasteiger partial charge >= 0.3 is 0 Å². The average molecular weight is 413 g/mol. The molecule has 0 aromatic carbocycles. The van der Waals surface area contributed by atoms with Gasteiger partial charge in [0.25, 0.3) is 0 Å². The third-order valence-corrected chi connectivity index (χ3v) is 7.40. The number of anilines is 1. The second-order valence-corrected chi connectivity index (χ2v) is 10.0. The van der Waals surface area contributed by atoms with Crippen LogP contribution in [0.4, 0.5) is 5.95 Å². The second kappa shape index (κ2) is 6.76. The highest BCUT2D eigenvalue weighted by atomic mass is 79.9. The van der Waals surface area contributed by atoms with Gasteiger partial charge in [-0.25, -0.2) is 0 Å². The molecule has 1 aliphatic carbocycles. The van der Waals surface area contributed by atoms with Crippen molar-refractivity contribution in [2.45, 2.75) is 49.6 Å². The molecule has 0 unspecified atom stereocenters. The molecule has 0 amide bonds. The van der Waals surface area contributed by atoms with Crippen molar-refractivity contribution < 1.29 is 0 Å². The van der Waals surface area contributed by atoms with Gasteiger partial charge in [0.2, 0.25) is 5.95 Å². The molecule has 7 heteroatoms. The van der Waals surface area contributed by atoms with E-state index in [4.69, 9.17) is 0 Å². The van der Waals surface area contributed by atoms with Crippen LogP contribution in [0, 0.1) is 5.92 Å². The van der Waals surface area contributed by atoms with Gasteiger partial charge in [-0.15, -0.1) is 21.5 Å². The largest absolute Gasteiger partial charge is 0.341 e. The Hall–Kier alpha value is -0.530. The van der Waals surface area contributed by atoms with Crippen LogP contribution in [-0.2, 0) is 5.75 Å². The summed E-state index contributed by atoms with van der Waals surface area (Å²) in [6.45, 7) is 4.59. The Bertz CT molecular complexity index is 671. The van der Waals surface area contributed by atoms with E-state index >= 15 is 0 Å². The average Bonchev–Trinajstić information content (AvgIpc) is 3.16. The summed E-state index contributed by atoms with van der Waals surface area (Å²) in [5, 5.41) is 10.2. The Labute approximate surface area is 153 Å². The number of halogens is 1. The van der Waals surface area contributed by atoms with Crippen LogP contribution < -0.4 is 4.90 Å². The third kappa shape index (κ3) is 3.61. The number of thioether (sulfide) groups is 1. The van der Waals surface area contributed by atoms with Crippen LogP contribution in [0.2, 0.25) is 0 Å². The van der Waals surface area contributed by atoms with Crippen molar-refractivity contribution in [3.63, 3.8) is 0 Å². The van der Waals surface area contributed by atoms with Crippen LogP contribution in [0.25, 0.3) is 0 Å². The minimum absolute atomic E-state index is 0.622. The van der Waals surface area contributed by atoms with E-state index in [-0.39, 0.29) is 0 Å². The molecule has 0 radical (unpaired) electrons. The lowest BCUT2D eigenvalue weighted by atomic mass is 10.00. The predicted octanol–water partition coefficient (Wildman–Crippen LogP) is 4.97. The Morgan fingerprint density at radius 2 is 2.00 bits per heavy atom. The Morgan fingerprint density at radius 1 is 1.22 bits per heavy atom. The molecule has 0 bridgehead atoms. The van der Waals surface area contributed by atoms with Crippen LogP contribution >= 0.6 is 39.0 Å². The quantitative estimate of drug-likeness (QED) is 0.649. The van der Waals surface area contributed by atoms with E-state index in [0.29, 0.717) is 6.04 Å². The van der Waals surface area contributed by atoms with Crippen molar-refractivity contribution in [3.05, 3.63) is 20.8 Å². The molecule has 2 fully saturated rings. The van der Waals surface area contributed by atoms with E-state index in [1.54, 1.807) is 11.3 Å². The molecule has 124 valence electrons. The van der Waals surface area contributed by atoms with Gasteiger partial charge in [-0.3, -0.25) is 4.57 Å². The fourth-order valence-corrected chi connectivity index (χ4v) is 5.54. The Kier molecular flexibility index (Phi) is 4.70.